The van der Waals surface area contributed by atoms with Gasteiger partial charge in [-0.05, 0) is 25.1 Å². The maximum Gasteiger partial charge on any atom is 0.325 e. The van der Waals surface area contributed by atoms with E-state index in [1.54, 1.807) is 20.2 Å². The first-order valence-electron chi connectivity index (χ1n) is 7.92. The van der Waals surface area contributed by atoms with Crippen LogP contribution < -0.4 is 9.94 Å². The van der Waals surface area contributed by atoms with Gasteiger partial charge in [-0.1, -0.05) is 11.3 Å². The summed E-state index contributed by atoms with van der Waals surface area (Å²) >= 11 is 1.06. The van der Waals surface area contributed by atoms with E-state index in [0.717, 1.165) is 11.3 Å². The van der Waals surface area contributed by atoms with Crippen LogP contribution in [-0.4, -0.2) is 41.8 Å². The molecule has 0 fully saturated rings. The second kappa shape index (κ2) is 7.30. The summed E-state index contributed by atoms with van der Waals surface area (Å²) in [5.41, 5.74) is 1.50. The number of esters is 1. The van der Waals surface area contributed by atoms with Crippen LogP contribution in [0, 0.1) is 6.92 Å². The number of fused-ring (bicyclic) bond motifs is 1. The Labute approximate surface area is 163 Å². The van der Waals surface area contributed by atoms with Crippen LogP contribution in [0.15, 0.2) is 34.3 Å². The molecule has 0 atom stereocenters. The lowest BCUT2D eigenvalue weighted by Crippen LogP contribution is -2.23. The molecule has 2 N–H and O–H groups in total. The van der Waals surface area contributed by atoms with Crippen molar-refractivity contribution < 1.29 is 22.7 Å². The molecule has 1 amide bonds. The Morgan fingerprint density at radius 3 is 2.64 bits per heavy atom. The molecule has 0 aliphatic heterocycles. The molecule has 0 radical (unpaired) electrons. The van der Waals surface area contributed by atoms with Gasteiger partial charge < -0.3 is 9.30 Å². The molecule has 0 spiro atoms. The van der Waals surface area contributed by atoms with Crippen molar-refractivity contribution in [1.29, 1.82) is 0 Å². The summed E-state index contributed by atoms with van der Waals surface area (Å²) in [7, 11) is -1.02. The van der Waals surface area contributed by atoms with Gasteiger partial charge in [0.2, 0.25) is 10.0 Å². The molecule has 0 unspecified atom stereocenters. The van der Waals surface area contributed by atoms with Crippen LogP contribution in [0.2, 0.25) is 0 Å². The third kappa shape index (κ3) is 3.74. The van der Waals surface area contributed by atoms with Crippen LogP contribution in [-0.2, 0) is 33.1 Å². The van der Waals surface area contributed by atoms with Gasteiger partial charge in [0.05, 0.1) is 28.4 Å². The Morgan fingerprint density at radius 2 is 2.07 bits per heavy atom. The van der Waals surface area contributed by atoms with E-state index in [2.05, 4.69) is 10.1 Å². The second-order valence-electron chi connectivity index (χ2n) is 5.94. The van der Waals surface area contributed by atoms with E-state index in [0.29, 0.717) is 21.5 Å². The third-order valence-electron chi connectivity index (χ3n) is 4.02. The van der Waals surface area contributed by atoms with E-state index in [4.69, 9.17) is 9.88 Å². The van der Waals surface area contributed by atoms with Crippen molar-refractivity contribution in [1.82, 2.24) is 14.3 Å². The zero-order chi connectivity index (χ0) is 20.6. The number of carbonyl (C=O) groups is 2. The van der Waals surface area contributed by atoms with E-state index < -0.39 is 21.9 Å². The van der Waals surface area contributed by atoms with Gasteiger partial charge >= 0.3 is 5.97 Å². The highest BCUT2D eigenvalue weighted by Crippen LogP contribution is 2.21. The number of sulfonamides is 1. The van der Waals surface area contributed by atoms with E-state index in [9.17, 15) is 18.0 Å². The Hall–Kier alpha value is -2.83. The van der Waals surface area contributed by atoms with Gasteiger partial charge in [-0.25, -0.2) is 13.6 Å². The highest BCUT2D eigenvalue weighted by Gasteiger charge is 2.17. The Bertz CT molecular complexity index is 1250. The quantitative estimate of drug-likeness (QED) is 0.599. The van der Waals surface area contributed by atoms with Gasteiger partial charge in [-0.2, -0.15) is 10.1 Å². The lowest BCUT2D eigenvalue weighted by Gasteiger charge is -2.04. The number of benzene rings is 1. The molecule has 148 valence electrons. The molecule has 0 bridgehead atoms. The highest BCUT2D eigenvalue weighted by atomic mass is 32.2. The zero-order valence-corrected chi connectivity index (χ0v) is 16.9. The number of aryl methyl sites for hydroxylation is 2. The fourth-order valence-corrected chi connectivity index (χ4v) is 4.34. The summed E-state index contributed by atoms with van der Waals surface area (Å²) in [6, 6.07) is 4.21. The Balaban J connectivity index is 2.23. The smallest absolute Gasteiger partial charge is 0.325 e. The zero-order valence-electron chi connectivity index (χ0n) is 15.2. The number of nitrogens with two attached hydrogens (primary N) is 1. The van der Waals surface area contributed by atoms with Crippen LogP contribution in [0.4, 0.5) is 0 Å². The number of aromatic nitrogens is 3. The first kappa shape index (κ1) is 19.9. The molecular weight excluding hydrogens is 406 g/mol. The van der Waals surface area contributed by atoms with Crippen LogP contribution in [0.3, 0.4) is 0 Å². The van der Waals surface area contributed by atoms with Gasteiger partial charge in [-0.15, -0.1) is 0 Å². The van der Waals surface area contributed by atoms with Crippen molar-refractivity contribution in [2.24, 2.45) is 17.2 Å². The minimum Gasteiger partial charge on any atom is -0.468 e. The summed E-state index contributed by atoms with van der Waals surface area (Å²) in [5, 5.41) is 9.20. The Morgan fingerprint density at radius 1 is 1.36 bits per heavy atom. The van der Waals surface area contributed by atoms with Crippen LogP contribution in [0.1, 0.15) is 16.1 Å². The summed E-state index contributed by atoms with van der Waals surface area (Å²) in [4.78, 5) is 28.8. The minimum atomic E-state index is -3.90. The van der Waals surface area contributed by atoms with Crippen LogP contribution >= 0.6 is 11.3 Å². The van der Waals surface area contributed by atoms with Crippen molar-refractivity contribution in [2.75, 3.05) is 7.11 Å². The monoisotopic (exact) mass is 423 g/mol. The molecule has 1 aromatic carbocycles. The lowest BCUT2D eigenvalue weighted by atomic mass is 10.3. The predicted octanol–water partition coefficient (Wildman–Crippen LogP) is 0.306. The number of ether oxygens (including phenoxy) is 1. The third-order valence-corrected chi connectivity index (χ3v) is 5.97. The molecule has 12 heteroatoms. The van der Waals surface area contributed by atoms with Crippen LogP contribution in [0.5, 0.6) is 0 Å². The predicted molar refractivity (Wildman–Crippen MR) is 101 cm³/mol. The summed E-state index contributed by atoms with van der Waals surface area (Å²) < 4.78 is 31.3. The first-order chi connectivity index (χ1) is 13.1. The highest BCUT2D eigenvalue weighted by molar-refractivity contribution is 7.89. The largest absolute Gasteiger partial charge is 0.468 e. The number of methoxy groups -OCH3 is 1. The average molecular weight is 423 g/mol. The molecule has 0 aliphatic carbocycles. The van der Waals surface area contributed by atoms with E-state index in [1.807, 2.05) is 0 Å². The number of hydrogen-bond donors (Lipinski definition) is 1. The maximum atomic E-state index is 12.7. The number of thiazole rings is 1. The summed E-state index contributed by atoms with van der Waals surface area (Å²) in [5.74, 6) is -1.07. The van der Waals surface area contributed by atoms with Gasteiger partial charge in [0.15, 0.2) is 4.80 Å². The molecule has 0 saturated carbocycles. The molecule has 0 saturated heterocycles. The molecule has 2 aromatic heterocycles. The lowest BCUT2D eigenvalue weighted by molar-refractivity contribution is -0.141. The van der Waals surface area contributed by atoms with Crippen molar-refractivity contribution in [2.45, 2.75) is 18.4 Å². The normalized spacial score (nSPS) is 12.5. The fourth-order valence-electron chi connectivity index (χ4n) is 2.66. The fraction of sp³-hybridized carbons (Fsp3) is 0.250. The Kier molecular flexibility index (Phi) is 5.19. The molecule has 28 heavy (non-hydrogen) atoms. The number of amides is 1. The van der Waals surface area contributed by atoms with Crippen LogP contribution in [0.25, 0.3) is 10.2 Å². The van der Waals surface area contributed by atoms with Gasteiger partial charge in [0.1, 0.15) is 12.2 Å². The van der Waals surface area contributed by atoms with Crippen molar-refractivity contribution in [3.8, 4) is 0 Å². The van der Waals surface area contributed by atoms with Crippen molar-refractivity contribution in [3.63, 3.8) is 0 Å². The van der Waals surface area contributed by atoms with Gasteiger partial charge in [0.25, 0.3) is 5.91 Å². The van der Waals surface area contributed by atoms with Crippen molar-refractivity contribution >= 4 is 43.5 Å². The summed E-state index contributed by atoms with van der Waals surface area (Å²) in [6.45, 7) is 1.54. The molecule has 2 heterocycles. The maximum absolute atomic E-state index is 12.7. The van der Waals surface area contributed by atoms with Gasteiger partial charge in [0, 0.05) is 12.6 Å². The molecule has 3 rings (SSSR count). The molecular formula is C16H17N5O5S2. The van der Waals surface area contributed by atoms with Gasteiger partial charge in [-0.3, -0.25) is 14.3 Å². The second-order valence-corrected chi connectivity index (χ2v) is 8.51. The summed E-state index contributed by atoms with van der Waals surface area (Å²) in [6.07, 6.45) is 1.55. The topological polar surface area (TPSA) is 139 Å². The molecule has 0 aliphatic rings. The van der Waals surface area contributed by atoms with E-state index >= 15 is 0 Å². The number of carbonyl (C=O) groups excluding carboxylic acids is 2. The first-order valence-corrected chi connectivity index (χ1v) is 10.3. The minimum absolute atomic E-state index is 0.0770. The molecule has 10 nitrogen and oxygen atoms in total. The van der Waals surface area contributed by atoms with E-state index in [1.165, 1.54) is 34.6 Å². The average Bonchev–Trinajstić information content (AvgIpc) is 3.13. The molecule has 3 aromatic rings. The number of primary sulfonamides is 1. The standard InChI is InChI=1S/C16H17N5O5S2/c1-9-7-18-20(2)14(9)15(23)19-16-21(8-13(22)26-3)11-5-4-10(28(17,24)25)6-12(11)27-16/h4-7H,8H2,1-3H3,(H2,17,24,25). The van der Waals surface area contributed by atoms with E-state index in [-0.39, 0.29) is 16.2 Å². The number of nitrogens with zero attached hydrogens (tertiary/aromatic N) is 4. The number of hydrogen-bond acceptors (Lipinski definition) is 7. The number of rotatable bonds is 4. The SMILES string of the molecule is COC(=O)Cn1c(=NC(=O)c2c(C)cnn2C)sc2cc(S(N)(=O)=O)ccc21. The van der Waals surface area contributed by atoms with Crippen molar-refractivity contribution in [3.05, 3.63) is 40.5 Å².